The topological polar surface area (TPSA) is 145 Å². The van der Waals surface area contributed by atoms with Crippen LogP contribution in [0.5, 0.6) is 0 Å². The number of primary amides is 1. The predicted molar refractivity (Wildman–Crippen MR) is 111 cm³/mol. The Hall–Kier alpha value is -3.01. The second kappa shape index (κ2) is 9.66. The monoisotopic (exact) mass is 420 g/mol. The highest BCUT2D eigenvalue weighted by atomic mass is 19.1. The van der Waals surface area contributed by atoms with E-state index in [-0.39, 0.29) is 17.8 Å². The van der Waals surface area contributed by atoms with E-state index in [9.17, 15) is 18.8 Å². The first-order valence-corrected chi connectivity index (χ1v) is 9.78. The van der Waals surface area contributed by atoms with Crippen LogP contribution in [-0.2, 0) is 16.1 Å². The molecule has 6 N–H and O–H groups in total. The number of hydrogen-bond donors (Lipinski definition) is 4. The summed E-state index contributed by atoms with van der Waals surface area (Å²) in [5.41, 5.74) is 10.2. The lowest BCUT2D eigenvalue weighted by Gasteiger charge is -2.30. The third kappa shape index (κ3) is 5.53. The van der Waals surface area contributed by atoms with Crippen LogP contribution in [0.4, 0.5) is 4.39 Å². The fourth-order valence-corrected chi connectivity index (χ4v) is 3.08. The van der Waals surface area contributed by atoms with Crippen molar-refractivity contribution < 1.29 is 18.8 Å². The van der Waals surface area contributed by atoms with Crippen LogP contribution in [0, 0.1) is 11.2 Å². The molecule has 0 bridgehead atoms. The van der Waals surface area contributed by atoms with Crippen LogP contribution in [0.1, 0.15) is 44.1 Å². The van der Waals surface area contributed by atoms with Gasteiger partial charge >= 0.3 is 0 Å². The van der Waals surface area contributed by atoms with Crippen LogP contribution in [0.25, 0.3) is 10.9 Å². The van der Waals surface area contributed by atoms with Gasteiger partial charge < -0.3 is 22.1 Å². The van der Waals surface area contributed by atoms with Gasteiger partial charge in [0.05, 0.1) is 6.54 Å². The molecule has 0 saturated carbocycles. The van der Waals surface area contributed by atoms with Crippen LogP contribution >= 0.6 is 0 Å². The van der Waals surface area contributed by atoms with Gasteiger partial charge in [-0.3, -0.25) is 19.1 Å². The van der Waals surface area contributed by atoms with Gasteiger partial charge in [0.1, 0.15) is 17.4 Å². The number of para-hydroxylation sites is 1. The van der Waals surface area contributed by atoms with Gasteiger partial charge in [0.2, 0.25) is 11.8 Å². The molecule has 1 aromatic carbocycles. The number of nitrogens with zero attached hydrogens (tertiary/aromatic N) is 2. The van der Waals surface area contributed by atoms with Crippen LogP contribution in [0.3, 0.4) is 0 Å². The van der Waals surface area contributed by atoms with E-state index in [0.717, 1.165) is 6.42 Å². The molecule has 0 aliphatic heterocycles. The van der Waals surface area contributed by atoms with Gasteiger partial charge in [-0.05, 0) is 30.9 Å². The standard InChI is InChI=1S/C20H29FN6O3/c1-20(2,3)17(19(30)24-11-14(23)28)25-18(29)15-12-7-6-8-13(21)16(12)27(26-15)10-5-4-9-22/h6-8,17H,4-5,9-11,22H2,1-3H3,(H2,23,28)(H,24,30)(H,25,29). The maximum atomic E-state index is 14.5. The van der Waals surface area contributed by atoms with E-state index < -0.39 is 35.0 Å². The van der Waals surface area contributed by atoms with E-state index in [4.69, 9.17) is 11.5 Å². The molecule has 9 nitrogen and oxygen atoms in total. The van der Waals surface area contributed by atoms with Gasteiger partial charge in [0.15, 0.2) is 5.69 Å². The molecule has 0 spiro atoms. The molecule has 3 amide bonds. The Morgan fingerprint density at radius 3 is 2.53 bits per heavy atom. The average Bonchev–Trinajstić information content (AvgIpc) is 3.03. The Kier molecular flexibility index (Phi) is 7.49. The Morgan fingerprint density at radius 1 is 1.23 bits per heavy atom. The first kappa shape index (κ1) is 23.3. The van der Waals surface area contributed by atoms with Crippen molar-refractivity contribution >= 4 is 28.6 Å². The number of aryl methyl sites for hydroxylation is 1. The highest BCUT2D eigenvalue weighted by Gasteiger charge is 2.34. The third-order valence-electron chi connectivity index (χ3n) is 4.60. The molecule has 0 fully saturated rings. The molecular weight excluding hydrogens is 391 g/mol. The number of unbranched alkanes of at least 4 members (excludes halogenated alkanes) is 1. The molecule has 1 heterocycles. The molecule has 0 aliphatic rings. The minimum atomic E-state index is -0.963. The maximum Gasteiger partial charge on any atom is 0.273 e. The number of halogens is 1. The predicted octanol–water partition coefficient (Wildman–Crippen LogP) is 0.660. The lowest BCUT2D eigenvalue weighted by Crippen LogP contribution is -2.54. The molecular formula is C20H29FN6O3. The number of rotatable bonds is 9. The number of nitrogens with one attached hydrogen (secondary N) is 2. The van der Waals surface area contributed by atoms with E-state index in [0.29, 0.717) is 24.9 Å². The summed E-state index contributed by atoms with van der Waals surface area (Å²) in [5, 5.41) is 9.73. The minimum absolute atomic E-state index is 0.0224. The van der Waals surface area contributed by atoms with Gasteiger partial charge in [0.25, 0.3) is 5.91 Å². The Balaban J connectivity index is 2.35. The molecule has 30 heavy (non-hydrogen) atoms. The van der Waals surface area contributed by atoms with E-state index in [2.05, 4.69) is 15.7 Å². The first-order valence-electron chi connectivity index (χ1n) is 9.78. The number of aromatic nitrogens is 2. The minimum Gasteiger partial charge on any atom is -0.368 e. The summed E-state index contributed by atoms with van der Waals surface area (Å²) < 4.78 is 15.9. The summed E-state index contributed by atoms with van der Waals surface area (Å²) in [7, 11) is 0. The third-order valence-corrected chi connectivity index (χ3v) is 4.60. The van der Waals surface area contributed by atoms with Crippen molar-refractivity contribution in [1.29, 1.82) is 0 Å². The van der Waals surface area contributed by atoms with E-state index >= 15 is 0 Å². The number of amides is 3. The van der Waals surface area contributed by atoms with Crippen LogP contribution in [0.2, 0.25) is 0 Å². The smallest absolute Gasteiger partial charge is 0.273 e. The molecule has 1 atom stereocenters. The summed E-state index contributed by atoms with van der Waals surface area (Å²) in [4.78, 5) is 36.5. The average molecular weight is 420 g/mol. The van der Waals surface area contributed by atoms with Crippen LogP contribution in [-0.4, -0.2) is 46.6 Å². The molecule has 2 aromatic rings. The number of benzene rings is 1. The summed E-state index contributed by atoms with van der Waals surface area (Å²) in [6, 6.07) is 3.45. The molecule has 1 aromatic heterocycles. The van der Waals surface area contributed by atoms with Gasteiger partial charge in [0, 0.05) is 11.9 Å². The van der Waals surface area contributed by atoms with Crippen molar-refractivity contribution in [2.75, 3.05) is 13.1 Å². The highest BCUT2D eigenvalue weighted by molar-refractivity contribution is 6.06. The van der Waals surface area contributed by atoms with Crippen molar-refractivity contribution in [3.63, 3.8) is 0 Å². The van der Waals surface area contributed by atoms with Gasteiger partial charge in [-0.25, -0.2) is 4.39 Å². The number of hydrogen-bond acceptors (Lipinski definition) is 5. The van der Waals surface area contributed by atoms with Crippen molar-refractivity contribution in [3.05, 3.63) is 29.7 Å². The zero-order valence-electron chi connectivity index (χ0n) is 17.5. The second-order valence-corrected chi connectivity index (χ2v) is 8.16. The zero-order chi connectivity index (χ0) is 22.5. The number of fused-ring (bicyclic) bond motifs is 1. The number of carbonyl (C=O) groups is 3. The lowest BCUT2D eigenvalue weighted by atomic mass is 9.86. The fraction of sp³-hybridized carbons (Fsp3) is 0.500. The van der Waals surface area contributed by atoms with Crippen LogP contribution < -0.4 is 22.1 Å². The van der Waals surface area contributed by atoms with Gasteiger partial charge in [-0.15, -0.1) is 0 Å². The number of nitrogens with two attached hydrogens (primary N) is 2. The summed E-state index contributed by atoms with van der Waals surface area (Å²) in [6.07, 6.45) is 1.42. The molecule has 10 heteroatoms. The molecule has 0 saturated heterocycles. The number of carbonyl (C=O) groups excluding carboxylic acids is 3. The Bertz CT molecular complexity index is 935. The van der Waals surface area contributed by atoms with Crippen LogP contribution in [0.15, 0.2) is 18.2 Å². The molecule has 0 aliphatic carbocycles. The van der Waals surface area contributed by atoms with Gasteiger partial charge in [-0.2, -0.15) is 5.10 Å². The molecule has 0 radical (unpaired) electrons. The normalized spacial score (nSPS) is 12.6. The molecule has 164 valence electrons. The van der Waals surface area contributed by atoms with Crippen molar-refractivity contribution in [2.45, 2.75) is 46.2 Å². The highest BCUT2D eigenvalue weighted by Crippen LogP contribution is 2.24. The maximum absolute atomic E-state index is 14.5. The van der Waals surface area contributed by atoms with E-state index in [1.54, 1.807) is 26.8 Å². The quantitative estimate of drug-likeness (QED) is 0.440. The van der Waals surface area contributed by atoms with E-state index in [1.165, 1.54) is 16.8 Å². The SMILES string of the molecule is CC(C)(C)C(NC(=O)c1nn(CCCCN)c2c(F)cccc12)C(=O)NCC(N)=O. The second-order valence-electron chi connectivity index (χ2n) is 8.16. The Morgan fingerprint density at radius 2 is 1.93 bits per heavy atom. The Labute approximate surface area is 174 Å². The van der Waals surface area contributed by atoms with Gasteiger partial charge in [-0.1, -0.05) is 32.9 Å². The van der Waals surface area contributed by atoms with E-state index in [1.807, 2.05) is 0 Å². The van der Waals surface area contributed by atoms with Crippen molar-refractivity contribution in [1.82, 2.24) is 20.4 Å². The summed E-state index contributed by atoms with van der Waals surface area (Å²) in [6.45, 7) is 5.87. The largest absolute Gasteiger partial charge is 0.368 e. The fourth-order valence-electron chi connectivity index (χ4n) is 3.08. The zero-order valence-corrected chi connectivity index (χ0v) is 17.5. The summed E-state index contributed by atoms with van der Waals surface area (Å²) >= 11 is 0. The summed E-state index contributed by atoms with van der Waals surface area (Å²) in [5.74, 6) is -2.34. The first-order chi connectivity index (χ1) is 14.1. The lowest BCUT2D eigenvalue weighted by molar-refractivity contribution is -0.128. The molecule has 1 unspecified atom stereocenters. The van der Waals surface area contributed by atoms with Crippen molar-refractivity contribution in [2.24, 2.45) is 16.9 Å². The van der Waals surface area contributed by atoms with Crippen molar-refractivity contribution in [3.8, 4) is 0 Å². The molecule has 2 rings (SSSR count).